The molecule has 1 atom stereocenters. The molecule has 184 valence electrons. The molecular formula is C28H34N4O3. The average molecular weight is 475 g/mol. The molecule has 4 rings (SSSR count). The van der Waals surface area contributed by atoms with Gasteiger partial charge in [0.1, 0.15) is 5.54 Å². The van der Waals surface area contributed by atoms with Gasteiger partial charge in [-0.3, -0.25) is 9.59 Å². The Morgan fingerprint density at radius 1 is 0.971 bits per heavy atom. The molecule has 2 aromatic carbocycles. The van der Waals surface area contributed by atoms with Gasteiger partial charge in [-0.05, 0) is 36.5 Å². The van der Waals surface area contributed by atoms with Gasteiger partial charge in [-0.25, -0.2) is 0 Å². The Hall–Kier alpha value is -3.48. The van der Waals surface area contributed by atoms with Crippen LogP contribution in [0.2, 0.25) is 0 Å². The second-order valence-electron chi connectivity index (χ2n) is 9.47. The first-order valence-electron chi connectivity index (χ1n) is 12.5. The molecule has 0 bridgehead atoms. The molecule has 3 aromatic rings. The van der Waals surface area contributed by atoms with Crippen molar-refractivity contribution in [2.45, 2.75) is 76.8 Å². The summed E-state index contributed by atoms with van der Waals surface area (Å²) in [4.78, 5) is 29.1. The molecule has 2 N–H and O–H groups in total. The number of amides is 2. The summed E-state index contributed by atoms with van der Waals surface area (Å²) in [6, 6.07) is 18.3. The monoisotopic (exact) mass is 474 g/mol. The molecule has 7 nitrogen and oxygen atoms in total. The second-order valence-corrected chi connectivity index (χ2v) is 9.47. The number of carbonyl (C=O) groups excluding carboxylic acids is 2. The number of aryl methyl sites for hydroxylation is 1. The molecule has 1 unspecified atom stereocenters. The van der Waals surface area contributed by atoms with E-state index < -0.39 is 5.54 Å². The van der Waals surface area contributed by atoms with Crippen LogP contribution in [-0.4, -0.2) is 22.0 Å². The van der Waals surface area contributed by atoms with Crippen LogP contribution in [0.5, 0.6) is 0 Å². The molecule has 0 spiro atoms. The number of aromatic nitrogens is 2. The van der Waals surface area contributed by atoms with Crippen molar-refractivity contribution in [3.63, 3.8) is 0 Å². The Bertz CT molecular complexity index is 1120. The van der Waals surface area contributed by atoms with Crippen molar-refractivity contribution < 1.29 is 14.1 Å². The minimum atomic E-state index is -0.577. The molecular weight excluding hydrogens is 440 g/mol. The minimum Gasteiger partial charge on any atom is -0.350 e. The molecule has 1 aromatic heterocycles. The lowest BCUT2D eigenvalue weighted by Crippen LogP contribution is -2.45. The van der Waals surface area contributed by atoms with Gasteiger partial charge in [0.25, 0.3) is 0 Å². The lowest BCUT2D eigenvalue weighted by molar-refractivity contribution is -0.122. The van der Waals surface area contributed by atoms with Gasteiger partial charge in [0.2, 0.25) is 17.7 Å². The molecule has 1 aliphatic rings. The number of benzene rings is 2. The third-order valence-corrected chi connectivity index (χ3v) is 6.73. The Morgan fingerprint density at radius 3 is 2.29 bits per heavy atom. The number of nitrogens with one attached hydrogen (secondary N) is 2. The fraction of sp³-hybridized carbons (Fsp3) is 0.429. The predicted molar refractivity (Wildman–Crippen MR) is 134 cm³/mol. The highest BCUT2D eigenvalue weighted by Gasteiger charge is 2.38. The van der Waals surface area contributed by atoms with Gasteiger partial charge in [0.15, 0.2) is 5.82 Å². The van der Waals surface area contributed by atoms with Crippen LogP contribution in [0.1, 0.15) is 82.1 Å². The van der Waals surface area contributed by atoms with Crippen LogP contribution in [0, 0.1) is 0 Å². The fourth-order valence-corrected chi connectivity index (χ4v) is 4.84. The number of hydrogen-bond acceptors (Lipinski definition) is 5. The summed E-state index contributed by atoms with van der Waals surface area (Å²) in [5, 5.41) is 10.3. The summed E-state index contributed by atoms with van der Waals surface area (Å²) in [5.74, 6) is 0.778. The van der Waals surface area contributed by atoms with Crippen LogP contribution in [0.15, 0.2) is 59.1 Å². The maximum atomic E-state index is 12.6. The summed E-state index contributed by atoms with van der Waals surface area (Å²) in [6.07, 6.45) is 6.50. The van der Waals surface area contributed by atoms with Crippen LogP contribution in [-0.2, 0) is 21.5 Å². The van der Waals surface area contributed by atoms with E-state index in [0.29, 0.717) is 18.1 Å². The molecule has 0 radical (unpaired) electrons. The molecule has 1 heterocycles. The van der Waals surface area contributed by atoms with E-state index >= 15 is 0 Å². The maximum absolute atomic E-state index is 12.6. The third-order valence-electron chi connectivity index (χ3n) is 6.73. The summed E-state index contributed by atoms with van der Waals surface area (Å²) in [5.41, 5.74) is 2.78. The standard InChI is InChI=1S/C28H34N4O3/c1-20(22-12-14-24(15-13-22)23-10-6-5-7-11-23)29-25(34)16-17-26-30-27(32-35-26)28(31-21(2)33)18-8-3-4-9-19-28/h5-7,10-15,20H,3-4,8-9,16-19H2,1-2H3,(H,29,34)(H,31,33). The molecule has 7 heteroatoms. The Kier molecular flexibility index (Phi) is 7.95. The molecule has 0 saturated heterocycles. The SMILES string of the molecule is CC(=O)NC1(c2noc(CCC(=O)NC(C)c3ccc(-c4ccccc4)cc3)n2)CCCCCC1. The normalized spacial score (nSPS) is 16.2. The van der Waals surface area contributed by atoms with Gasteiger partial charge in [-0.2, -0.15) is 4.98 Å². The number of nitrogens with zero attached hydrogens (tertiary/aromatic N) is 2. The first-order chi connectivity index (χ1) is 16.9. The quantitative estimate of drug-likeness (QED) is 0.436. The molecule has 35 heavy (non-hydrogen) atoms. The van der Waals surface area contributed by atoms with E-state index in [-0.39, 0.29) is 24.3 Å². The van der Waals surface area contributed by atoms with Crippen LogP contribution in [0.3, 0.4) is 0 Å². The first-order valence-corrected chi connectivity index (χ1v) is 12.5. The van der Waals surface area contributed by atoms with Gasteiger partial charge >= 0.3 is 0 Å². The zero-order chi connectivity index (χ0) is 24.7. The van der Waals surface area contributed by atoms with Crippen LogP contribution in [0.25, 0.3) is 11.1 Å². The van der Waals surface area contributed by atoms with Crippen molar-refractivity contribution >= 4 is 11.8 Å². The first kappa shape index (κ1) is 24.6. The molecule has 2 amide bonds. The molecule has 1 aliphatic carbocycles. The van der Waals surface area contributed by atoms with E-state index in [2.05, 4.69) is 45.0 Å². The van der Waals surface area contributed by atoms with Crippen molar-refractivity contribution in [3.8, 4) is 11.1 Å². The average Bonchev–Trinajstić information content (AvgIpc) is 3.23. The Labute approximate surface area is 206 Å². The summed E-state index contributed by atoms with van der Waals surface area (Å²) < 4.78 is 5.47. The maximum Gasteiger partial charge on any atom is 0.227 e. The fourth-order valence-electron chi connectivity index (χ4n) is 4.84. The van der Waals surface area contributed by atoms with Crippen molar-refractivity contribution in [2.24, 2.45) is 0 Å². The van der Waals surface area contributed by atoms with Gasteiger partial charge in [-0.15, -0.1) is 0 Å². The van der Waals surface area contributed by atoms with E-state index in [1.165, 1.54) is 12.5 Å². The van der Waals surface area contributed by atoms with Crippen LogP contribution >= 0.6 is 0 Å². The molecule has 1 fully saturated rings. The lowest BCUT2D eigenvalue weighted by atomic mass is 9.89. The van der Waals surface area contributed by atoms with E-state index in [1.807, 2.05) is 37.3 Å². The van der Waals surface area contributed by atoms with Gasteiger partial charge in [0, 0.05) is 19.8 Å². The Morgan fingerprint density at radius 2 is 1.63 bits per heavy atom. The number of hydrogen-bond donors (Lipinski definition) is 2. The zero-order valence-electron chi connectivity index (χ0n) is 20.5. The predicted octanol–water partition coefficient (Wildman–Crippen LogP) is 5.23. The highest BCUT2D eigenvalue weighted by molar-refractivity contribution is 5.76. The summed E-state index contributed by atoms with van der Waals surface area (Å²) >= 11 is 0. The van der Waals surface area contributed by atoms with Crippen molar-refractivity contribution in [2.75, 3.05) is 0 Å². The van der Waals surface area contributed by atoms with Gasteiger partial charge in [0.05, 0.1) is 6.04 Å². The summed E-state index contributed by atoms with van der Waals surface area (Å²) in [6.45, 7) is 3.50. The molecule has 1 saturated carbocycles. The Balaban J connectivity index is 1.33. The van der Waals surface area contributed by atoms with E-state index in [1.54, 1.807) is 0 Å². The smallest absolute Gasteiger partial charge is 0.227 e. The van der Waals surface area contributed by atoms with Crippen molar-refractivity contribution in [1.82, 2.24) is 20.8 Å². The van der Waals surface area contributed by atoms with Crippen molar-refractivity contribution in [3.05, 3.63) is 71.9 Å². The van der Waals surface area contributed by atoms with Gasteiger partial charge in [-0.1, -0.05) is 85.4 Å². The van der Waals surface area contributed by atoms with E-state index in [0.717, 1.165) is 49.7 Å². The summed E-state index contributed by atoms with van der Waals surface area (Å²) in [7, 11) is 0. The topological polar surface area (TPSA) is 97.1 Å². The second kappa shape index (κ2) is 11.3. The lowest BCUT2D eigenvalue weighted by Gasteiger charge is -2.30. The third kappa shape index (κ3) is 6.35. The van der Waals surface area contributed by atoms with E-state index in [4.69, 9.17) is 4.52 Å². The van der Waals surface area contributed by atoms with Gasteiger partial charge < -0.3 is 15.2 Å². The largest absolute Gasteiger partial charge is 0.350 e. The minimum absolute atomic E-state index is 0.0737. The van der Waals surface area contributed by atoms with Crippen LogP contribution < -0.4 is 10.6 Å². The van der Waals surface area contributed by atoms with Crippen molar-refractivity contribution in [1.29, 1.82) is 0 Å². The highest BCUT2D eigenvalue weighted by Crippen LogP contribution is 2.34. The number of carbonyl (C=O) groups is 2. The zero-order valence-corrected chi connectivity index (χ0v) is 20.5. The molecule has 0 aliphatic heterocycles. The highest BCUT2D eigenvalue weighted by atomic mass is 16.5. The van der Waals surface area contributed by atoms with Crippen LogP contribution in [0.4, 0.5) is 0 Å². The van der Waals surface area contributed by atoms with E-state index in [9.17, 15) is 9.59 Å². The number of rotatable bonds is 8.